The van der Waals surface area contributed by atoms with Crippen LogP contribution in [0.3, 0.4) is 0 Å². The van der Waals surface area contributed by atoms with Crippen LogP contribution in [0.25, 0.3) is 0 Å². The molecule has 1 saturated heterocycles. The fraction of sp³-hybridized carbons (Fsp3) is 0.364. The number of halogens is 1. The van der Waals surface area contributed by atoms with E-state index in [4.69, 9.17) is 0 Å². The molecule has 0 bridgehead atoms. The second-order valence-electron chi connectivity index (χ2n) is 7.52. The lowest BCUT2D eigenvalue weighted by atomic mass is 9.80. The average Bonchev–Trinajstić information content (AvgIpc) is 2.66. The van der Waals surface area contributed by atoms with Crippen LogP contribution in [0.5, 0.6) is 0 Å². The zero-order valence-electron chi connectivity index (χ0n) is 15.8. The third-order valence-electron chi connectivity index (χ3n) is 5.25. The number of nitrogens with zero attached hydrogens (tertiary/aromatic N) is 1. The molecule has 3 rings (SSSR count). The largest absolute Gasteiger partial charge is 0.351 e. The molecule has 4 nitrogen and oxygen atoms in total. The van der Waals surface area contributed by atoms with E-state index < -0.39 is 5.41 Å². The van der Waals surface area contributed by atoms with Crippen LogP contribution in [0.2, 0.25) is 0 Å². The van der Waals surface area contributed by atoms with Crippen molar-refractivity contribution in [3.63, 3.8) is 0 Å². The van der Waals surface area contributed by atoms with Crippen molar-refractivity contribution >= 4 is 11.8 Å². The fourth-order valence-electron chi connectivity index (χ4n) is 3.62. The molecular formula is C22H25FN2O2. The predicted molar refractivity (Wildman–Crippen MR) is 103 cm³/mol. The third kappa shape index (κ3) is 4.35. The number of likely N-dealkylation sites (tertiary alicyclic amines) is 1. The maximum absolute atomic E-state index is 13.3. The summed E-state index contributed by atoms with van der Waals surface area (Å²) in [6.07, 6.45) is 1.50. The first kappa shape index (κ1) is 19.1. The SMILES string of the molecule is Cc1ccccc1C(=O)N1CCC[C@](C)(C(=O)NCc2cccc(F)c2)C1. The number of benzene rings is 2. The van der Waals surface area contributed by atoms with Gasteiger partial charge in [-0.2, -0.15) is 0 Å². The molecule has 0 aromatic heterocycles. The van der Waals surface area contributed by atoms with Crippen molar-refractivity contribution in [2.75, 3.05) is 13.1 Å². The van der Waals surface area contributed by atoms with Gasteiger partial charge in [0.2, 0.25) is 5.91 Å². The summed E-state index contributed by atoms with van der Waals surface area (Å²) in [5.74, 6) is -0.452. The number of piperidine rings is 1. The zero-order chi connectivity index (χ0) is 19.4. The lowest BCUT2D eigenvalue weighted by Gasteiger charge is -2.39. The van der Waals surface area contributed by atoms with Crippen molar-refractivity contribution in [2.24, 2.45) is 5.41 Å². The normalized spacial score (nSPS) is 19.6. The Balaban J connectivity index is 1.67. The first-order valence-corrected chi connectivity index (χ1v) is 9.27. The van der Waals surface area contributed by atoms with Crippen molar-refractivity contribution in [3.8, 4) is 0 Å². The Kier molecular flexibility index (Phi) is 5.59. The summed E-state index contributed by atoms with van der Waals surface area (Å²) < 4.78 is 13.3. The number of rotatable bonds is 4. The summed E-state index contributed by atoms with van der Waals surface area (Å²) in [6, 6.07) is 13.7. The highest BCUT2D eigenvalue weighted by molar-refractivity contribution is 5.96. The fourth-order valence-corrected chi connectivity index (χ4v) is 3.62. The Morgan fingerprint density at radius 3 is 2.70 bits per heavy atom. The Bertz CT molecular complexity index is 852. The molecule has 27 heavy (non-hydrogen) atoms. The van der Waals surface area contributed by atoms with Crippen LogP contribution in [0.4, 0.5) is 4.39 Å². The highest BCUT2D eigenvalue weighted by Gasteiger charge is 2.39. The van der Waals surface area contributed by atoms with Gasteiger partial charge in [0.1, 0.15) is 5.82 Å². The Hall–Kier alpha value is -2.69. The van der Waals surface area contributed by atoms with E-state index >= 15 is 0 Å². The molecule has 5 heteroatoms. The second-order valence-corrected chi connectivity index (χ2v) is 7.52. The maximum atomic E-state index is 13.3. The average molecular weight is 368 g/mol. The minimum Gasteiger partial charge on any atom is -0.351 e. The van der Waals surface area contributed by atoms with Gasteiger partial charge in [0.05, 0.1) is 5.41 Å². The highest BCUT2D eigenvalue weighted by atomic mass is 19.1. The lowest BCUT2D eigenvalue weighted by molar-refractivity contribution is -0.132. The summed E-state index contributed by atoms with van der Waals surface area (Å²) in [5, 5.41) is 2.90. The van der Waals surface area contributed by atoms with Crippen LogP contribution in [-0.2, 0) is 11.3 Å². The molecule has 2 amide bonds. The molecule has 0 spiro atoms. The topological polar surface area (TPSA) is 49.4 Å². The van der Waals surface area contributed by atoms with Gasteiger partial charge in [-0.05, 0) is 56.0 Å². The quantitative estimate of drug-likeness (QED) is 0.895. The number of nitrogens with one attached hydrogen (secondary N) is 1. The summed E-state index contributed by atoms with van der Waals surface area (Å²) >= 11 is 0. The number of hydrogen-bond acceptors (Lipinski definition) is 2. The number of aryl methyl sites for hydroxylation is 1. The van der Waals surface area contributed by atoms with Crippen LogP contribution >= 0.6 is 0 Å². The number of amides is 2. The minimum atomic E-state index is -0.649. The van der Waals surface area contributed by atoms with Crippen molar-refractivity contribution < 1.29 is 14.0 Å². The van der Waals surface area contributed by atoms with Crippen molar-refractivity contribution in [3.05, 3.63) is 71.0 Å². The molecule has 0 radical (unpaired) electrons. The predicted octanol–water partition coefficient (Wildman–Crippen LogP) is 3.69. The van der Waals surface area contributed by atoms with Gasteiger partial charge in [-0.15, -0.1) is 0 Å². The molecule has 1 aliphatic heterocycles. The molecule has 0 aliphatic carbocycles. The smallest absolute Gasteiger partial charge is 0.254 e. The van der Waals surface area contributed by atoms with Crippen molar-refractivity contribution in [1.82, 2.24) is 10.2 Å². The van der Waals surface area contributed by atoms with Crippen LogP contribution in [0.1, 0.15) is 41.3 Å². The van der Waals surface area contributed by atoms with E-state index in [1.165, 1.54) is 12.1 Å². The van der Waals surface area contributed by atoms with Gasteiger partial charge in [0.15, 0.2) is 0 Å². The Morgan fingerprint density at radius 1 is 1.19 bits per heavy atom. The van der Waals surface area contributed by atoms with E-state index in [1.807, 2.05) is 38.1 Å². The standard InChI is InChI=1S/C22H25FN2O2/c1-16-7-3-4-10-19(16)20(26)25-12-6-11-22(2,15-25)21(27)24-14-17-8-5-9-18(23)13-17/h3-5,7-10,13H,6,11-12,14-15H2,1-2H3,(H,24,27)/t22-/m0/s1. The zero-order valence-corrected chi connectivity index (χ0v) is 15.8. The Labute approximate surface area is 159 Å². The van der Waals surface area contributed by atoms with Gasteiger partial charge in [0, 0.05) is 25.2 Å². The molecule has 142 valence electrons. The molecule has 2 aromatic rings. The number of carbonyl (C=O) groups excluding carboxylic acids is 2. The molecule has 2 aromatic carbocycles. The molecule has 0 saturated carbocycles. The second kappa shape index (κ2) is 7.91. The monoisotopic (exact) mass is 368 g/mol. The minimum absolute atomic E-state index is 0.0306. The van der Waals surface area contributed by atoms with Gasteiger partial charge < -0.3 is 10.2 Å². The van der Waals surface area contributed by atoms with Gasteiger partial charge in [0.25, 0.3) is 5.91 Å². The summed E-state index contributed by atoms with van der Waals surface area (Å²) in [7, 11) is 0. The molecule has 0 unspecified atom stereocenters. The first-order chi connectivity index (χ1) is 12.9. The van der Waals surface area contributed by atoms with Gasteiger partial charge in [-0.25, -0.2) is 4.39 Å². The number of carbonyl (C=O) groups is 2. The summed E-state index contributed by atoms with van der Waals surface area (Å²) in [6.45, 7) is 5.13. The van der Waals surface area contributed by atoms with Crippen LogP contribution in [-0.4, -0.2) is 29.8 Å². The van der Waals surface area contributed by atoms with E-state index in [0.29, 0.717) is 18.7 Å². The van der Waals surface area contributed by atoms with Gasteiger partial charge >= 0.3 is 0 Å². The van der Waals surface area contributed by atoms with Crippen LogP contribution in [0, 0.1) is 18.2 Å². The van der Waals surface area contributed by atoms with Crippen LogP contribution in [0.15, 0.2) is 48.5 Å². The molecular weight excluding hydrogens is 343 g/mol. The van der Waals surface area contributed by atoms with E-state index in [9.17, 15) is 14.0 Å². The lowest BCUT2D eigenvalue weighted by Crippen LogP contribution is -2.51. The molecule has 1 fully saturated rings. The van der Waals surface area contributed by atoms with Gasteiger partial charge in [-0.3, -0.25) is 9.59 Å². The molecule has 1 atom stereocenters. The molecule has 1 aliphatic rings. The molecule has 1 heterocycles. The number of hydrogen-bond donors (Lipinski definition) is 1. The van der Waals surface area contributed by atoms with Crippen molar-refractivity contribution in [1.29, 1.82) is 0 Å². The van der Waals surface area contributed by atoms with Gasteiger partial charge in [-0.1, -0.05) is 30.3 Å². The maximum Gasteiger partial charge on any atom is 0.254 e. The van der Waals surface area contributed by atoms with Crippen LogP contribution < -0.4 is 5.32 Å². The third-order valence-corrected chi connectivity index (χ3v) is 5.25. The Morgan fingerprint density at radius 2 is 1.96 bits per heavy atom. The molecule has 1 N–H and O–H groups in total. The summed E-state index contributed by atoms with van der Waals surface area (Å²) in [5.41, 5.74) is 1.69. The van der Waals surface area contributed by atoms with E-state index in [2.05, 4.69) is 5.32 Å². The van der Waals surface area contributed by atoms with E-state index in [-0.39, 0.29) is 24.2 Å². The van der Waals surface area contributed by atoms with E-state index in [1.54, 1.807) is 17.0 Å². The van der Waals surface area contributed by atoms with Crippen molar-refractivity contribution in [2.45, 2.75) is 33.2 Å². The first-order valence-electron chi connectivity index (χ1n) is 9.27. The summed E-state index contributed by atoms with van der Waals surface area (Å²) in [4.78, 5) is 27.5. The van der Waals surface area contributed by atoms with E-state index in [0.717, 1.165) is 24.0 Å². The highest BCUT2D eigenvalue weighted by Crippen LogP contribution is 2.31.